The maximum absolute atomic E-state index is 5.43. The molecule has 0 spiro atoms. The molecule has 0 fully saturated rings. The predicted octanol–water partition coefficient (Wildman–Crippen LogP) is 3.49. The zero-order valence-electron chi connectivity index (χ0n) is 10.2. The van der Waals surface area contributed by atoms with Crippen LogP contribution in [0.4, 0.5) is 0 Å². The summed E-state index contributed by atoms with van der Waals surface area (Å²) in [6.45, 7) is 3.26. The van der Waals surface area contributed by atoms with E-state index in [1.54, 1.807) is 17.6 Å². The van der Waals surface area contributed by atoms with Crippen LogP contribution in [0.1, 0.15) is 24.7 Å². The molecule has 0 bridgehead atoms. The van der Waals surface area contributed by atoms with Crippen molar-refractivity contribution in [3.05, 3.63) is 46.5 Å². The first-order valence-electron chi connectivity index (χ1n) is 6.15. The summed E-state index contributed by atoms with van der Waals surface area (Å²) in [5, 5.41) is 7.95. The third kappa shape index (κ3) is 4.02. The lowest BCUT2D eigenvalue weighted by atomic mass is 10.0. The smallest absolute Gasteiger partial charge is 0.105 e. The van der Waals surface area contributed by atoms with Crippen molar-refractivity contribution in [2.45, 2.75) is 32.2 Å². The first-order chi connectivity index (χ1) is 8.38. The highest BCUT2D eigenvalue weighted by atomic mass is 32.1. The van der Waals surface area contributed by atoms with Gasteiger partial charge in [-0.2, -0.15) is 11.3 Å². The zero-order chi connectivity index (χ0) is 11.9. The summed E-state index contributed by atoms with van der Waals surface area (Å²) in [5.74, 6) is 1.06. The van der Waals surface area contributed by atoms with Gasteiger partial charge in [-0.25, -0.2) is 0 Å². The summed E-state index contributed by atoms with van der Waals surface area (Å²) >= 11 is 1.76. The molecule has 3 heteroatoms. The highest BCUT2D eigenvalue weighted by Gasteiger charge is 2.11. The number of furan rings is 1. The van der Waals surface area contributed by atoms with Crippen molar-refractivity contribution in [2.75, 3.05) is 6.54 Å². The Kier molecular flexibility index (Phi) is 4.83. The molecule has 0 aliphatic carbocycles. The minimum absolute atomic E-state index is 0.468. The molecule has 2 heterocycles. The van der Waals surface area contributed by atoms with E-state index in [9.17, 15) is 0 Å². The van der Waals surface area contributed by atoms with Gasteiger partial charge in [0.25, 0.3) is 0 Å². The van der Waals surface area contributed by atoms with Crippen LogP contribution in [0.15, 0.2) is 39.6 Å². The second kappa shape index (κ2) is 6.62. The largest absolute Gasteiger partial charge is 0.469 e. The van der Waals surface area contributed by atoms with Crippen LogP contribution in [0.3, 0.4) is 0 Å². The summed E-state index contributed by atoms with van der Waals surface area (Å²) in [7, 11) is 0. The van der Waals surface area contributed by atoms with Crippen LogP contribution in [0.5, 0.6) is 0 Å². The molecule has 0 saturated heterocycles. The Hall–Kier alpha value is -1.06. The molecular formula is C14H19NOS. The van der Waals surface area contributed by atoms with E-state index in [4.69, 9.17) is 4.42 Å². The second-order valence-electron chi connectivity index (χ2n) is 4.27. The van der Waals surface area contributed by atoms with E-state index in [0.717, 1.165) is 31.6 Å². The number of hydrogen-bond acceptors (Lipinski definition) is 3. The van der Waals surface area contributed by atoms with Crippen LogP contribution in [0.25, 0.3) is 0 Å². The molecule has 1 N–H and O–H groups in total. The van der Waals surface area contributed by atoms with Gasteiger partial charge in [-0.1, -0.05) is 6.92 Å². The van der Waals surface area contributed by atoms with Gasteiger partial charge >= 0.3 is 0 Å². The molecule has 1 unspecified atom stereocenters. The molecule has 0 radical (unpaired) electrons. The van der Waals surface area contributed by atoms with Gasteiger partial charge in [-0.15, -0.1) is 0 Å². The maximum atomic E-state index is 5.43. The monoisotopic (exact) mass is 249 g/mol. The van der Waals surface area contributed by atoms with E-state index in [2.05, 4.69) is 29.1 Å². The summed E-state index contributed by atoms with van der Waals surface area (Å²) in [4.78, 5) is 0. The van der Waals surface area contributed by atoms with Crippen molar-refractivity contribution in [3.63, 3.8) is 0 Å². The van der Waals surface area contributed by atoms with Crippen LogP contribution in [-0.4, -0.2) is 12.6 Å². The standard InChI is InChI=1S/C14H19NOS/c1-2-6-15-13(9-12-5-8-17-11-12)10-14-4-3-7-16-14/h3-5,7-8,11,13,15H,2,6,9-10H2,1H3. The van der Waals surface area contributed by atoms with Crippen molar-refractivity contribution >= 4 is 11.3 Å². The Balaban J connectivity index is 1.92. The molecule has 0 aliphatic rings. The predicted molar refractivity (Wildman–Crippen MR) is 72.5 cm³/mol. The SMILES string of the molecule is CCCNC(Cc1ccsc1)Cc1ccco1. The first kappa shape index (κ1) is 12.4. The van der Waals surface area contributed by atoms with Gasteiger partial charge in [-0.3, -0.25) is 0 Å². The molecule has 0 aliphatic heterocycles. The van der Waals surface area contributed by atoms with E-state index in [0.29, 0.717) is 6.04 Å². The third-order valence-corrected chi connectivity index (χ3v) is 3.50. The Bertz CT molecular complexity index is 358. The molecule has 2 aromatic rings. The molecule has 0 amide bonds. The highest BCUT2D eigenvalue weighted by molar-refractivity contribution is 7.07. The van der Waals surface area contributed by atoms with E-state index < -0.39 is 0 Å². The second-order valence-corrected chi connectivity index (χ2v) is 5.05. The van der Waals surface area contributed by atoms with Crippen LogP contribution >= 0.6 is 11.3 Å². The van der Waals surface area contributed by atoms with Gasteiger partial charge < -0.3 is 9.73 Å². The molecule has 92 valence electrons. The molecular weight excluding hydrogens is 230 g/mol. The molecule has 2 aromatic heterocycles. The summed E-state index contributed by atoms with van der Waals surface area (Å²) in [5.41, 5.74) is 1.41. The highest BCUT2D eigenvalue weighted by Crippen LogP contribution is 2.12. The van der Waals surface area contributed by atoms with E-state index in [-0.39, 0.29) is 0 Å². The van der Waals surface area contributed by atoms with Gasteiger partial charge in [0.05, 0.1) is 6.26 Å². The molecule has 2 rings (SSSR count). The number of hydrogen-bond donors (Lipinski definition) is 1. The average Bonchev–Trinajstić information content (AvgIpc) is 2.99. The Labute approximate surface area is 107 Å². The van der Waals surface area contributed by atoms with E-state index in [1.807, 2.05) is 12.1 Å². The minimum Gasteiger partial charge on any atom is -0.469 e. The van der Waals surface area contributed by atoms with Crippen LogP contribution in [0, 0.1) is 0 Å². The van der Waals surface area contributed by atoms with Gasteiger partial charge in [0.15, 0.2) is 0 Å². The fourth-order valence-electron chi connectivity index (χ4n) is 1.93. The van der Waals surface area contributed by atoms with Gasteiger partial charge in [0.1, 0.15) is 5.76 Å². The molecule has 0 saturated carbocycles. The first-order valence-corrected chi connectivity index (χ1v) is 7.09. The summed E-state index contributed by atoms with van der Waals surface area (Å²) in [6, 6.07) is 6.68. The Morgan fingerprint density at radius 1 is 1.35 bits per heavy atom. The Morgan fingerprint density at radius 3 is 2.94 bits per heavy atom. The number of thiophene rings is 1. The minimum atomic E-state index is 0.468. The van der Waals surface area contributed by atoms with E-state index >= 15 is 0 Å². The normalized spacial score (nSPS) is 12.8. The number of rotatable bonds is 7. The fraction of sp³-hybridized carbons (Fsp3) is 0.429. The third-order valence-electron chi connectivity index (χ3n) is 2.77. The van der Waals surface area contributed by atoms with Crippen molar-refractivity contribution < 1.29 is 4.42 Å². The van der Waals surface area contributed by atoms with Crippen LogP contribution in [0.2, 0.25) is 0 Å². The lowest BCUT2D eigenvalue weighted by molar-refractivity contribution is 0.439. The van der Waals surface area contributed by atoms with Crippen molar-refractivity contribution in [3.8, 4) is 0 Å². The fourth-order valence-corrected chi connectivity index (χ4v) is 2.61. The summed E-state index contributed by atoms with van der Waals surface area (Å²) < 4.78 is 5.43. The van der Waals surface area contributed by atoms with Gasteiger partial charge in [0.2, 0.25) is 0 Å². The van der Waals surface area contributed by atoms with Gasteiger partial charge in [0, 0.05) is 12.5 Å². The quantitative estimate of drug-likeness (QED) is 0.812. The molecule has 17 heavy (non-hydrogen) atoms. The van der Waals surface area contributed by atoms with Crippen LogP contribution < -0.4 is 5.32 Å². The topological polar surface area (TPSA) is 25.2 Å². The van der Waals surface area contributed by atoms with Crippen molar-refractivity contribution in [1.29, 1.82) is 0 Å². The average molecular weight is 249 g/mol. The molecule has 0 aromatic carbocycles. The zero-order valence-corrected chi connectivity index (χ0v) is 11.0. The molecule has 2 nitrogen and oxygen atoms in total. The van der Waals surface area contributed by atoms with Gasteiger partial charge in [-0.05, 0) is 53.9 Å². The van der Waals surface area contributed by atoms with Crippen molar-refractivity contribution in [1.82, 2.24) is 5.32 Å². The summed E-state index contributed by atoms with van der Waals surface area (Å²) in [6.07, 6.45) is 4.95. The lowest BCUT2D eigenvalue weighted by Gasteiger charge is -2.16. The maximum Gasteiger partial charge on any atom is 0.105 e. The van der Waals surface area contributed by atoms with E-state index in [1.165, 1.54) is 5.56 Å². The lowest BCUT2D eigenvalue weighted by Crippen LogP contribution is -2.33. The Morgan fingerprint density at radius 2 is 2.29 bits per heavy atom. The molecule has 1 atom stereocenters. The van der Waals surface area contributed by atoms with Crippen LogP contribution in [-0.2, 0) is 12.8 Å². The number of nitrogens with one attached hydrogen (secondary N) is 1. The van der Waals surface area contributed by atoms with Crippen molar-refractivity contribution in [2.24, 2.45) is 0 Å².